The number of carbonyl (C=O) groups is 1. The van der Waals surface area contributed by atoms with E-state index in [4.69, 9.17) is 4.74 Å². The topological polar surface area (TPSA) is 29.5 Å². The van der Waals surface area contributed by atoms with Crippen molar-refractivity contribution < 1.29 is 9.53 Å². The van der Waals surface area contributed by atoms with Gasteiger partial charge in [0.05, 0.1) is 0 Å². The molecule has 0 radical (unpaired) electrons. The molecule has 22 heavy (non-hydrogen) atoms. The molecule has 1 atom stereocenters. The first-order valence-corrected chi connectivity index (χ1v) is 7.71. The monoisotopic (exact) mass is 297 g/mol. The van der Waals surface area contributed by atoms with Gasteiger partial charge in [-0.25, -0.2) is 0 Å². The Kier molecular flexibility index (Phi) is 5.59. The smallest absolute Gasteiger partial charge is 0.267 e. The van der Waals surface area contributed by atoms with Crippen molar-refractivity contribution in [3.05, 3.63) is 60.2 Å². The molecule has 0 aliphatic rings. The quantitative estimate of drug-likeness (QED) is 0.799. The number of rotatable bonds is 6. The van der Waals surface area contributed by atoms with Gasteiger partial charge >= 0.3 is 0 Å². The molecule has 3 nitrogen and oxygen atoms in total. The van der Waals surface area contributed by atoms with E-state index in [1.807, 2.05) is 61.5 Å². The fourth-order valence-corrected chi connectivity index (χ4v) is 2.36. The van der Waals surface area contributed by atoms with Crippen LogP contribution in [0.25, 0.3) is 0 Å². The van der Waals surface area contributed by atoms with Gasteiger partial charge in [-0.15, -0.1) is 0 Å². The fourth-order valence-electron chi connectivity index (χ4n) is 2.36. The summed E-state index contributed by atoms with van der Waals surface area (Å²) in [7, 11) is 0. The summed E-state index contributed by atoms with van der Waals surface area (Å²) in [4.78, 5) is 14.6. The number of benzene rings is 2. The maximum absolute atomic E-state index is 12.8. The zero-order chi connectivity index (χ0) is 15.9. The molecule has 0 aromatic heterocycles. The van der Waals surface area contributed by atoms with Crippen molar-refractivity contribution in [1.82, 2.24) is 0 Å². The maximum atomic E-state index is 12.8. The van der Waals surface area contributed by atoms with E-state index in [0.717, 1.165) is 17.7 Å². The largest absolute Gasteiger partial charge is 0.481 e. The van der Waals surface area contributed by atoms with E-state index < -0.39 is 6.10 Å². The molecule has 2 aromatic carbocycles. The van der Waals surface area contributed by atoms with Gasteiger partial charge in [0.15, 0.2) is 6.10 Å². The third kappa shape index (κ3) is 4.10. The van der Waals surface area contributed by atoms with Crippen molar-refractivity contribution in [2.24, 2.45) is 0 Å². The van der Waals surface area contributed by atoms with Crippen LogP contribution in [0.1, 0.15) is 25.8 Å². The van der Waals surface area contributed by atoms with Crippen LogP contribution in [-0.2, 0) is 4.79 Å². The molecule has 0 spiro atoms. The Labute approximate surface area is 132 Å². The molecule has 0 saturated carbocycles. The van der Waals surface area contributed by atoms with E-state index in [9.17, 15) is 4.79 Å². The number of hydrogen-bond acceptors (Lipinski definition) is 2. The van der Waals surface area contributed by atoms with Crippen molar-refractivity contribution in [2.45, 2.75) is 33.3 Å². The second kappa shape index (κ2) is 7.64. The average Bonchev–Trinajstić information content (AvgIpc) is 2.53. The fraction of sp³-hybridized carbons (Fsp3) is 0.316. The average molecular weight is 297 g/mol. The maximum Gasteiger partial charge on any atom is 0.267 e. The van der Waals surface area contributed by atoms with Gasteiger partial charge in [-0.3, -0.25) is 4.79 Å². The normalized spacial score (nSPS) is 11.8. The van der Waals surface area contributed by atoms with Gasteiger partial charge in [0.2, 0.25) is 0 Å². The highest BCUT2D eigenvalue weighted by atomic mass is 16.5. The first-order valence-electron chi connectivity index (χ1n) is 7.71. The lowest BCUT2D eigenvalue weighted by molar-refractivity contribution is -0.124. The van der Waals surface area contributed by atoms with Gasteiger partial charge in [0.1, 0.15) is 5.75 Å². The molecule has 0 bridgehead atoms. The van der Waals surface area contributed by atoms with Crippen molar-refractivity contribution >= 4 is 11.6 Å². The highest BCUT2D eigenvalue weighted by Crippen LogP contribution is 2.19. The van der Waals surface area contributed by atoms with Crippen LogP contribution < -0.4 is 9.64 Å². The molecular formula is C19H23NO2. The van der Waals surface area contributed by atoms with Gasteiger partial charge in [-0.1, -0.05) is 37.3 Å². The van der Waals surface area contributed by atoms with Gasteiger partial charge in [-0.05, 0) is 50.1 Å². The van der Waals surface area contributed by atoms with Crippen LogP contribution in [0.5, 0.6) is 5.75 Å². The molecule has 0 aliphatic heterocycles. The number of anilines is 1. The van der Waals surface area contributed by atoms with E-state index in [-0.39, 0.29) is 5.91 Å². The zero-order valence-electron chi connectivity index (χ0n) is 13.5. The summed E-state index contributed by atoms with van der Waals surface area (Å²) >= 11 is 0. The standard InChI is InChI=1S/C19H23NO2/c1-4-13-20(17-10-8-9-15(2)14-17)19(21)16(3)22-18-11-6-5-7-12-18/h5-12,14,16H,4,13H2,1-3H3/t16-/m1/s1. The van der Waals surface area contributed by atoms with Crippen LogP contribution in [0.3, 0.4) is 0 Å². The van der Waals surface area contributed by atoms with E-state index in [0.29, 0.717) is 12.3 Å². The molecule has 0 fully saturated rings. The lowest BCUT2D eigenvalue weighted by Gasteiger charge is -2.26. The molecule has 0 aliphatic carbocycles. The summed E-state index contributed by atoms with van der Waals surface area (Å²) in [6.07, 6.45) is 0.382. The SMILES string of the molecule is CCCN(C(=O)[C@@H](C)Oc1ccccc1)c1cccc(C)c1. The molecule has 0 unspecified atom stereocenters. The number of para-hydroxylation sites is 1. The van der Waals surface area contributed by atoms with Crippen LogP contribution in [-0.4, -0.2) is 18.6 Å². The molecule has 1 amide bonds. The third-order valence-corrected chi connectivity index (χ3v) is 3.43. The van der Waals surface area contributed by atoms with Gasteiger partial charge < -0.3 is 9.64 Å². The van der Waals surface area contributed by atoms with Crippen molar-refractivity contribution in [3.63, 3.8) is 0 Å². The van der Waals surface area contributed by atoms with Crippen LogP contribution in [0, 0.1) is 6.92 Å². The Morgan fingerprint density at radius 1 is 1.14 bits per heavy atom. The number of aryl methyl sites for hydroxylation is 1. The van der Waals surface area contributed by atoms with Crippen LogP contribution >= 0.6 is 0 Å². The highest BCUT2D eigenvalue weighted by Gasteiger charge is 2.23. The van der Waals surface area contributed by atoms with E-state index in [1.165, 1.54) is 0 Å². The lowest BCUT2D eigenvalue weighted by Crippen LogP contribution is -2.41. The van der Waals surface area contributed by atoms with E-state index in [1.54, 1.807) is 11.8 Å². The minimum atomic E-state index is -0.519. The predicted molar refractivity (Wildman–Crippen MR) is 90.4 cm³/mol. The molecule has 0 heterocycles. The number of nitrogens with zero attached hydrogens (tertiary/aromatic N) is 1. The Bertz CT molecular complexity index is 610. The summed E-state index contributed by atoms with van der Waals surface area (Å²) < 4.78 is 5.76. The molecular weight excluding hydrogens is 274 g/mol. The Morgan fingerprint density at radius 3 is 2.50 bits per heavy atom. The van der Waals surface area contributed by atoms with Crippen LogP contribution in [0.2, 0.25) is 0 Å². The van der Waals surface area contributed by atoms with Gasteiger partial charge in [0, 0.05) is 12.2 Å². The van der Waals surface area contributed by atoms with E-state index >= 15 is 0 Å². The Balaban J connectivity index is 2.15. The zero-order valence-corrected chi connectivity index (χ0v) is 13.5. The molecule has 2 aromatic rings. The molecule has 0 N–H and O–H groups in total. The van der Waals surface area contributed by atoms with E-state index in [2.05, 4.69) is 6.92 Å². The minimum absolute atomic E-state index is 0.0173. The van der Waals surface area contributed by atoms with Crippen molar-refractivity contribution in [3.8, 4) is 5.75 Å². The summed E-state index contributed by atoms with van der Waals surface area (Å²) in [5.41, 5.74) is 2.07. The second-order valence-corrected chi connectivity index (χ2v) is 5.40. The predicted octanol–water partition coefficient (Wildman–Crippen LogP) is 4.21. The summed E-state index contributed by atoms with van der Waals surface area (Å²) in [5.74, 6) is 0.695. The summed E-state index contributed by atoms with van der Waals surface area (Å²) in [6.45, 7) is 6.58. The highest BCUT2D eigenvalue weighted by molar-refractivity contribution is 5.96. The lowest BCUT2D eigenvalue weighted by atomic mass is 10.2. The number of carbonyl (C=O) groups excluding carboxylic acids is 1. The Morgan fingerprint density at radius 2 is 1.86 bits per heavy atom. The summed E-state index contributed by atoms with van der Waals surface area (Å²) in [6, 6.07) is 17.5. The van der Waals surface area contributed by atoms with Crippen LogP contribution in [0.4, 0.5) is 5.69 Å². The molecule has 0 saturated heterocycles. The third-order valence-electron chi connectivity index (χ3n) is 3.43. The molecule has 116 valence electrons. The van der Waals surface area contributed by atoms with Crippen molar-refractivity contribution in [1.29, 1.82) is 0 Å². The summed E-state index contributed by atoms with van der Waals surface area (Å²) in [5, 5.41) is 0. The molecule has 2 rings (SSSR count). The van der Waals surface area contributed by atoms with Crippen LogP contribution in [0.15, 0.2) is 54.6 Å². The first kappa shape index (κ1) is 16.1. The van der Waals surface area contributed by atoms with Crippen molar-refractivity contribution in [2.75, 3.05) is 11.4 Å². The minimum Gasteiger partial charge on any atom is -0.481 e. The number of hydrogen-bond donors (Lipinski definition) is 0. The van der Waals surface area contributed by atoms with Gasteiger partial charge in [-0.2, -0.15) is 0 Å². The number of amides is 1. The number of ether oxygens (including phenoxy) is 1. The molecule has 3 heteroatoms. The second-order valence-electron chi connectivity index (χ2n) is 5.40. The Hall–Kier alpha value is -2.29. The van der Waals surface area contributed by atoms with Gasteiger partial charge in [0.25, 0.3) is 5.91 Å². The first-order chi connectivity index (χ1) is 10.6.